The van der Waals surface area contributed by atoms with Crippen molar-refractivity contribution in [2.75, 3.05) is 27.4 Å². The van der Waals surface area contributed by atoms with Crippen LogP contribution in [0.4, 0.5) is 0 Å². The van der Waals surface area contributed by atoms with E-state index in [0.717, 1.165) is 31.2 Å². The number of methoxy groups -OCH3 is 2. The maximum Gasteiger partial charge on any atom is 0.207 e. The minimum atomic E-state index is 0.158. The molecule has 1 amide bonds. The van der Waals surface area contributed by atoms with Gasteiger partial charge in [-0.15, -0.1) is 0 Å². The van der Waals surface area contributed by atoms with Crippen LogP contribution in [-0.4, -0.2) is 39.9 Å². The predicted octanol–water partition coefficient (Wildman–Crippen LogP) is 2.18. The molecule has 0 radical (unpaired) electrons. The van der Waals surface area contributed by atoms with Gasteiger partial charge in [0.1, 0.15) is 6.61 Å². The van der Waals surface area contributed by atoms with Crippen molar-refractivity contribution in [1.82, 2.24) is 5.32 Å². The lowest BCUT2D eigenvalue weighted by Gasteiger charge is -2.23. The minimum absolute atomic E-state index is 0.158. The normalized spacial score (nSPS) is 16.7. The number of hydrogen-bond donors (Lipinski definition) is 1. The molecule has 1 N–H and O–H groups in total. The van der Waals surface area contributed by atoms with E-state index in [2.05, 4.69) is 12.2 Å². The van der Waals surface area contributed by atoms with Crippen molar-refractivity contribution < 1.29 is 19.0 Å². The Morgan fingerprint density at radius 1 is 1.27 bits per heavy atom. The standard InChI is InChI=1S/C17H25NO4/c1-17(6-7-17)16(18-12-19)11-13-4-5-14(21-3)15(10-13)22-9-8-20-2/h4-5,10,12,16H,6-9,11H2,1-3H3,(H,18,19). The summed E-state index contributed by atoms with van der Waals surface area (Å²) in [5.74, 6) is 1.42. The van der Waals surface area contributed by atoms with Crippen LogP contribution in [0.25, 0.3) is 0 Å². The smallest absolute Gasteiger partial charge is 0.207 e. The largest absolute Gasteiger partial charge is 0.493 e. The Kier molecular flexibility index (Phi) is 5.66. The van der Waals surface area contributed by atoms with E-state index >= 15 is 0 Å². The van der Waals surface area contributed by atoms with Crippen LogP contribution in [0.15, 0.2) is 18.2 Å². The first-order valence-electron chi connectivity index (χ1n) is 7.61. The van der Waals surface area contributed by atoms with E-state index in [-0.39, 0.29) is 11.5 Å². The molecule has 5 nitrogen and oxygen atoms in total. The van der Waals surface area contributed by atoms with Crippen LogP contribution in [0.2, 0.25) is 0 Å². The van der Waals surface area contributed by atoms with E-state index in [0.29, 0.717) is 24.7 Å². The maximum absolute atomic E-state index is 10.9. The second-order valence-electron chi connectivity index (χ2n) is 6.02. The van der Waals surface area contributed by atoms with Gasteiger partial charge in [-0.3, -0.25) is 4.79 Å². The average Bonchev–Trinajstić information content (AvgIpc) is 3.26. The Morgan fingerprint density at radius 2 is 2.05 bits per heavy atom. The Bertz CT molecular complexity index is 499. The lowest BCUT2D eigenvalue weighted by Crippen LogP contribution is -2.37. The van der Waals surface area contributed by atoms with Crippen molar-refractivity contribution in [2.24, 2.45) is 5.41 Å². The zero-order valence-electron chi connectivity index (χ0n) is 13.6. The predicted molar refractivity (Wildman–Crippen MR) is 84.4 cm³/mol. The lowest BCUT2D eigenvalue weighted by molar-refractivity contribution is -0.110. The fraction of sp³-hybridized carbons (Fsp3) is 0.588. The molecule has 0 spiro atoms. The maximum atomic E-state index is 10.9. The summed E-state index contributed by atoms with van der Waals surface area (Å²) in [4.78, 5) is 10.9. The zero-order valence-corrected chi connectivity index (χ0v) is 13.6. The highest BCUT2D eigenvalue weighted by molar-refractivity contribution is 5.48. The first-order valence-corrected chi connectivity index (χ1v) is 7.61. The van der Waals surface area contributed by atoms with Crippen molar-refractivity contribution in [1.29, 1.82) is 0 Å². The molecule has 1 aromatic carbocycles. The molecule has 0 heterocycles. The molecular weight excluding hydrogens is 282 g/mol. The molecule has 1 aliphatic carbocycles. The van der Waals surface area contributed by atoms with E-state index in [1.807, 2.05) is 18.2 Å². The molecule has 1 aliphatic rings. The second kappa shape index (κ2) is 7.49. The van der Waals surface area contributed by atoms with Gasteiger partial charge in [0.05, 0.1) is 13.7 Å². The summed E-state index contributed by atoms with van der Waals surface area (Å²) in [7, 11) is 3.27. The van der Waals surface area contributed by atoms with Crippen LogP contribution in [0.1, 0.15) is 25.3 Å². The quantitative estimate of drug-likeness (QED) is 0.532. The number of carbonyl (C=O) groups is 1. The third-order valence-corrected chi connectivity index (χ3v) is 4.36. The Labute approximate surface area is 131 Å². The molecule has 1 fully saturated rings. The monoisotopic (exact) mass is 307 g/mol. The number of amides is 1. The van der Waals surface area contributed by atoms with Gasteiger partial charge in [-0.05, 0) is 42.4 Å². The number of benzene rings is 1. The molecule has 2 rings (SSSR count). The molecule has 0 aromatic heterocycles. The van der Waals surface area contributed by atoms with Gasteiger partial charge < -0.3 is 19.5 Å². The second-order valence-corrected chi connectivity index (χ2v) is 6.02. The van der Waals surface area contributed by atoms with E-state index < -0.39 is 0 Å². The number of hydrogen-bond acceptors (Lipinski definition) is 4. The fourth-order valence-corrected chi connectivity index (χ4v) is 2.57. The zero-order chi connectivity index (χ0) is 16.0. The van der Waals surface area contributed by atoms with Gasteiger partial charge in [0, 0.05) is 13.2 Å². The van der Waals surface area contributed by atoms with Gasteiger partial charge in [-0.25, -0.2) is 0 Å². The highest BCUT2D eigenvalue weighted by Crippen LogP contribution is 2.49. The molecule has 0 aliphatic heterocycles. The molecule has 122 valence electrons. The van der Waals surface area contributed by atoms with Gasteiger partial charge in [-0.2, -0.15) is 0 Å². The molecule has 1 saturated carbocycles. The lowest BCUT2D eigenvalue weighted by atomic mass is 9.92. The van der Waals surface area contributed by atoms with Crippen LogP contribution in [0.5, 0.6) is 11.5 Å². The van der Waals surface area contributed by atoms with Crippen molar-refractivity contribution in [2.45, 2.75) is 32.2 Å². The van der Waals surface area contributed by atoms with E-state index in [4.69, 9.17) is 14.2 Å². The highest BCUT2D eigenvalue weighted by atomic mass is 16.5. The topological polar surface area (TPSA) is 56.8 Å². The summed E-state index contributed by atoms with van der Waals surface area (Å²) in [6.45, 7) is 3.22. The first-order chi connectivity index (χ1) is 10.6. The van der Waals surface area contributed by atoms with Gasteiger partial charge in [0.25, 0.3) is 0 Å². The van der Waals surface area contributed by atoms with E-state index in [1.165, 1.54) is 0 Å². The van der Waals surface area contributed by atoms with Crippen molar-refractivity contribution in [3.63, 3.8) is 0 Å². The SMILES string of the molecule is COCCOc1cc(CC(NC=O)C2(C)CC2)ccc1OC. The van der Waals surface area contributed by atoms with Crippen molar-refractivity contribution >= 4 is 6.41 Å². The van der Waals surface area contributed by atoms with Gasteiger partial charge in [0.2, 0.25) is 6.41 Å². The van der Waals surface area contributed by atoms with Crippen LogP contribution < -0.4 is 14.8 Å². The highest BCUT2D eigenvalue weighted by Gasteiger charge is 2.44. The van der Waals surface area contributed by atoms with Crippen LogP contribution in [0.3, 0.4) is 0 Å². The summed E-state index contributed by atoms with van der Waals surface area (Å²) < 4.78 is 16.0. The number of ether oxygens (including phenoxy) is 3. The van der Waals surface area contributed by atoms with Gasteiger partial charge in [-0.1, -0.05) is 13.0 Å². The van der Waals surface area contributed by atoms with E-state index in [9.17, 15) is 4.79 Å². The van der Waals surface area contributed by atoms with Gasteiger partial charge >= 0.3 is 0 Å². The molecule has 5 heteroatoms. The summed E-state index contributed by atoms with van der Waals surface area (Å²) in [5, 5.41) is 2.96. The Morgan fingerprint density at radius 3 is 2.64 bits per heavy atom. The van der Waals surface area contributed by atoms with Gasteiger partial charge in [0.15, 0.2) is 11.5 Å². The van der Waals surface area contributed by atoms with Crippen molar-refractivity contribution in [3.05, 3.63) is 23.8 Å². The summed E-state index contributed by atoms with van der Waals surface area (Å²) >= 11 is 0. The third-order valence-electron chi connectivity index (χ3n) is 4.36. The number of rotatable bonds is 10. The molecule has 1 aromatic rings. The van der Waals surface area contributed by atoms with Crippen molar-refractivity contribution in [3.8, 4) is 11.5 Å². The minimum Gasteiger partial charge on any atom is -0.493 e. The Hall–Kier alpha value is -1.75. The summed E-state index contributed by atoms with van der Waals surface area (Å²) in [6.07, 6.45) is 3.91. The third kappa shape index (κ3) is 4.13. The van der Waals surface area contributed by atoms with E-state index in [1.54, 1.807) is 14.2 Å². The summed E-state index contributed by atoms with van der Waals surface area (Å²) in [6, 6.07) is 6.07. The van der Waals surface area contributed by atoms with Crippen LogP contribution in [0, 0.1) is 5.41 Å². The molecule has 1 unspecified atom stereocenters. The van der Waals surface area contributed by atoms with Crippen LogP contribution >= 0.6 is 0 Å². The molecule has 22 heavy (non-hydrogen) atoms. The number of carbonyl (C=O) groups excluding carboxylic acids is 1. The molecular formula is C17H25NO4. The average molecular weight is 307 g/mol. The Balaban J connectivity index is 2.09. The molecule has 1 atom stereocenters. The molecule has 0 bridgehead atoms. The molecule has 0 saturated heterocycles. The number of nitrogens with one attached hydrogen (secondary N) is 1. The summed E-state index contributed by atoms with van der Waals surface area (Å²) in [5.41, 5.74) is 1.35. The fourth-order valence-electron chi connectivity index (χ4n) is 2.57. The first kappa shape index (κ1) is 16.6. The van der Waals surface area contributed by atoms with Crippen LogP contribution in [-0.2, 0) is 16.0 Å².